The highest BCUT2D eigenvalue weighted by molar-refractivity contribution is 7.87. The number of hydrogen-bond donors (Lipinski definition) is 5. The van der Waals surface area contributed by atoms with Crippen LogP contribution in [0.1, 0.15) is 64.0 Å². The first-order valence-electron chi connectivity index (χ1n) is 28.9. The Balaban J connectivity index is 1.01. The number of benzene rings is 4. The third kappa shape index (κ3) is 19.0. The van der Waals surface area contributed by atoms with Crippen LogP contribution in [-0.2, 0) is 114 Å². The topological polar surface area (TPSA) is 406 Å². The van der Waals surface area contributed by atoms with Gasteiger partial charge in [0.2, 0.25) is 5.69 Å². The summed E-state index contributed by atoms with van der Waals surface area (Å²) < 4.78 is 216. The molecule has 1 fully saturated rings. The van der Waals surface area contributed by atoms with Crippen molar-refractivity contribution >= 4 is 107 Å². The molecule has 34 heteroatoms. The molecule has 510 valence electrons. The molecule has 0 bridgehead atoms. The van der Waals surface area contributed by atoms with Gasteiger partial charge >= 0.3 is 5.97 Å². The zero-order valence-electron chi connectivity index (χ0n) is 51.2. The van der Waals surface area contributed by atoms with Gasteiger partial charge in [0.05, 0.1) is 107 Å². The lowest BCUT2D eigenvalue weighted by atomic mass is 9.75. The van der Waals surface area contributed by atoms with Crippen molar-refractivity contribution < 1.29 is 122 Å². The third-order valence-electron chi connectivity index (χ3n) is 15.3. The average Bonchev–Trinajstić information content (AvgIpc) is 1.60. The van der Waals surface area contributed by atoms with Crippen LogP contribution < -0.4 is 4.90 Å². The van der Waals surface area contributed by atoms with Gasteiger partial charge in [0.25, 0.3) is 62.4 Å². The fourth-order valence-electron chi connectivity index (χ4n) is 11.2. The summed E-state index contributed by atoms with van der Waals surface area (Å²) in [5, 5.41) is 0.511. The van der Waals surface area contributed by atoms with Gasteiger partial charge in [-0.05, 0) is 92.4 Å². The molecule has 2 amide bonds. The molecule has 0 saturated carbocycles. The van der Waals surface area contributed by atoms with Gasteiger partial charge in [-0.2, -0.15) is 46.7 Å². The van der Waals surface area contributed by atoms with E-state index < -0.39 is 105 Å². The zero-order valence-corrected chi connectivity index (χ0v) is 55.3. The minimum atomic E-state index is -5.09. The van der Waals surface area contributed by atoms with Gasteiger partial charge in [0.15, 0.2) is 12.3 Å². The minimum Gasteiger partial charge on any atom is -0.383 e. The van der Waals surface area contributed by atoms with E-state index in [0.29, 0.717) is 70.9 Å². The molecule has 93 heavy (non-hydrogen) atoms. The summed E-state index contributed by atoms with van der Waals surface area (Å²) in [5.41, 5.74) is 0.654. The Labute approximate surface area is 538 Å². The standard InChI is InChI=1S/C59H73N3O26S5/c1-58(2)51(11-8-6-5-7-9-12-52-59(3,20-10-36-89(66,67)68)57-46-38-42(91(72,73)74)40-50(93(78,79)80)44(46)14-16-48(57)61(52)21-24-81-4)60(47-15-13-43-45(56(47)58)37-41(90(69,70)71)39-49(43)92(75,76)77)22-25-83-27-29-85-31-33-87-35-34-86-32-30-84-28-26-82-23-19-55(65)88-62-53(63)17-18-54(62)64/h5-9,11-16,37-40H,10,17-36H2,1-4H3,(H4-,66,67,68,69,70,71,72,73,74,75,76,77,78,79,80)/p+1. The maximum Gasteiger partial charge on any atom is 0.335 e. The van der Waals surface area contributed by atoms with E-state index in [1.807, 2.05) is 23.3 Å². The number of imide groups is 1. The van der Waals surface area contributed by atoms with Crippen molar-refractivity contribution in [3.05, 3.63) is 108 Å². The Morgan fingerprint density at radius 3 is 1.54 bits per heavy atom. The first-order chi connectivity index (χ1) is 43.7. The Hall–Kier alpha value is -6.29. The quantitative estimate of drug-likeness (QED) is 0.0129. The zero-order chi connectivity index (χ0) is 68.2. The van der Waals surface area contributed by atoms with Gasteiger partial charge in [0, 0.05) is 71.8 Å². The van der Waals surface area contributed by atoms with Crippen molar-refractivity contribution in [3.8, 4) is 0 Å². The average molecular weight is 1400 g/mol. The van der Waals surface area contributed by atoms with Crippen LogP contribution in [0.15, 0.2) is 116 Å². The normalized spacial score (nSPS) is 17.7. The van der Waals surface area contributed by atoms with Gasteiger partial charge in [-0.1, -0.05) is 36.4 Å². The minimum absolute atomic E-state index is 0.00493. The van der Waals surface area contributed by atoms with Crippen molar-refractivity contribution in [2.24, 2.45) is 0 Å². The van der Waals surface area contributed by atoms with Crippen LogP contribution in [0.5, 0.6) is 0 Å². The largest absolute Gasteiger partial charge is 0.383 e. The predicted octanol–water partition coefficient (Wildman–Crippen LogP) is 5.10. The molecule has 3 aliphatic heterocycles. The molecule has 7 rings (SSSR count). The first kappa shape index (κ1) is 74.1. The lowest BCUT2D eigenvalue weighted by molar-refractivity contribution is -0.442. The van der Waals surface area contributed by atoms with Crippen LogP contribution in [0.4, 0.5) is 11.4 Å². The van der Waals surface area contributed by atoms with E-state index in [9.17, 15) is 79.2 Å². The fraction of sp³-hybridized carbons (Fsp3) is 0.458. The lowest BCUT2D eigenvalue weighted by Crippen LogP contribution is -2.32. The van der Waals surface area contributed by atoms with Crippen molar-refractivity contribution in [1.82, 2.24) is 5.06 Å². The van der Waals surface area contributed by atoms with E-state index in [1.165, 1.54) is 19.2 Å². The van der Waals surface area contributed by atoms with E-state index in [-0.39, 0.29) is 133 Å². The van der Waals surface area contributed by atoms with Gasteiger partial charge in [-0.25, -0.2) is 4.79 Å². The van der Waals surface area contributed by atoms with Crippen molar-refractivity contribution in [2.45, 2.75) is 83.3 Å². The van der Waals surface area contributed by atoms with Crippen molar-refractivity contribution in [3.63, 3.8) is 0 Å². The number of ether oxygens (including phenoxy) is 7. The number of allylic oxidation sites excluding steroid dienone is 8. The summed E-state index contributed by atoms with van der Waals surface area (Å²) in [6, 6.07) is 9.50. The van der Waals surface area contributed by atoms with Crippen molar-refractivity contribution in [1.29, 1.82) is 0 Å². The predicted molar refractivity (Wildman–Crippen MR) is 334 cm³/mol. The summed E-state index contributed by atoms with van der Waals surface area (Å²) >= 11 is 0. The Bertz CT molecular complexity index is 4210. The van der Waals surface area contributed by atoms with E-state index in [1.54, 1.807) is 61.6 Å². The molecule has 3 heterocycles. The number of hydrogen-bond acceptors (Lipinski definition) is 22. The SMILES string of the molecule is COCCN1/C(=C/C=C/C=C/C=C/C2=[N+](CCOCCOCCOCCOCCOCCOCCC(=O)ON3C(=O)CCC3=O)c3ccc4c(S(=O)(=O)O)cc(S(=O)(=O)O)cc4c3C2(C)C)C(C)(CCCS(=O)(=O)O)c2c1ccc1c(S(=O)(=O)O)cc(S(=O)(=O)O)cc21. The van der Waals surface area contributed by atoms with Crippen LogP contribution in [-0.4, -0.2) is 210 Å². The second-order valence-corrected chi connectivity index (χ2v) is 29.2. The molecule has 0 spiro atoms. The van der Waals surface area contributed by atoms with E-state index in [0.717, 1.165) is 12.1 Å². The van der Waals surface area contributed by atoms with Crippen LogP contribution in [0.25, 0.3) is 21.5 Å². The summed E-state index contributed by atoms with van der Waals surface area (Å²) in [7, 11) is -23.2. The monoisotopic (exact) mass is 1400 g/mol. The fourth-order valence-corrected chi connectivity index (χ4v) is 14.4. The molecule has 0 aliphatic carbocycles. The molecule has 4 aromatic rings. The summed E-state index contributed by atoms with van der Waals surface area (Å²) in [6.45, 7) is 8.56. The molecule has 29 nitrogen and oxygen atoms in total. The smallest absolute Gasteiger partial charge is 0.335 e. The van der Waals surface area contributed by atoms with Gasteiger partial charge in [-0.15, -0.1) is 5.06 Å². The second-order valence-electron chi connectivity index (χ2n) is 22.0. The third-order valence-corrected chi connectivity index (χ3v) is 19.6. The first-order valence-corrected chi connectivity index (χ1v) is 36.3. The number of carbonyl (C=O) groups is 3. The van der Waals surface area contributed by atoms with E-state index >= 15 is 0 Å². The number of hydroxylamine groups is 2. The highest BCUT2D eigenvalue weighted by Gasteiger charge is 2.47. The van der Waals surface area contributed by atoms with Gasteiger partial charge in [0.1, 0.15) is 16.4 Å². The van der Waals surface area contributed by atoms with Crippen LogP contribution in [0.3, 0.4) is 0 Å². The molecule has 3 aliphatic rings. The number of methoxy groups -OCH3 is 1. The molecule has 1 saturated heterocycles. The summed E-state index contributed by atoms with van der Waals surface area (Å²) in [4.78, 5) is 38.4. The molecular weight excluding hydrogens is 1330 g/mol. The molecule has 0 radical (unpaired) electrons. The van der Waals surface area contributed by atoms with E-state index in [2.05, 4.69) is 0 Å². The number of amides is 2. The molecular formula is C59H74N3O26S5+. The highest BCUT2D eigenvalue weighted by atomic mass is 32.2. The molecule has 5 N–H and O–H groups in total. The molecule has 1 atom stereocenters. The number of anilines is 1. The Morgan fingerprint density at radius 2 is 1.04 bits per heavy atom. The van der Waals surface area contributed by atoms with Crippen LogP contribution in [0.2, 0.25) is 0 Å². The molecule has 1 unspecified atom stereocenters. The van der Waals surface area contributed by atoms with Gasteiger partial charge < -0.3 is 42.9 Å². The number of carbonyl (C=O) groups excluding carboxylic acids is 3. The molecule has 0 aromatic heterocycles. The Kier molecular flexibility index (Phi) is 25.1. The molecule has 4 aromatic carbocycles. The van der Waals surface area contributed by atoms with Crippen LogP contribution >= 0.6 is 0 Å². The maximum absolute atomic E-state index is 12.7. The lowest BCUT2D eigenvalue weighted by Gasteiger charge is -2.30. The summed E-state index contributed by atoms with van der Waals surface area (Å²) in [6.07, 6.45) is 11.6. The van der Waals surface area contributed by atoms with Crippen molar-refractivity contribution in [2.75, 3.05) is 117 Å². The second kappa shape index (κ2) is 31.5. The van der Waals surface area contributed by atoms with Gasteiger partial charge in [-0.3, -0.25) is 32.4 Å². The maximum atomic E-state index is 12.7. The highest BCUT2D eigenvalue weighted by Crippen LogP contribution is 2.54. The number of rotatable bonds is 37. The van der Waals surface area contributed by atoms with Crippen LogP contribution in [0, 0.1) is 0 Å². The number of nitrogens with zero attached hydrogens (tertiary/aromatic N) is 3. The summed E-state index contributed by atoms with van der Waals surface area (Å²) in [5.74, 6) is -2.55. The number of fused-ring (bicyclic) bond motifs is 6. The van der Waals surface area contributed by atoms with E-state index in [4.69, 9.17) is 38.0 Å². The Morgan fingerprint density at radius 1 is 0.570 bits per heavy atom.